The van der Waals surface area contributed by atoms with E-state index in [2.05, 4.69) is 15.3 Å². The highest BCUT2D eigenvalue weighted by Gasteiger charge is 2.19. The summed E-state index contributed by atoms with van der Waals surface area (Å²) < 4.78 is 5.62. The molecule has 1 heterocycles. The number of hydrogen-bond acceptors (Lipinski definition) is 5. The second kappa shape index (κ2) is 6.24. The molecule has 1 aromatic carbocycles. The van der Waals surface area contributed by atoms with Gasteiger partial charge in [-0.3, -0.25) is 0 Å². The predicted molar refractivity (Wildman–Crippen MR) is 80.2 cm³/mol. The van der Waals surface area contributed by atoms with Crippen LogP contribution in [0.4, 0.5) is 0 Å². The average molecular weight is 287 g/mol. The molecule has 0 atom stereocenters. The summed E-state index contributed by atoms with van der Waals surface area (Å²) in [5.41, 5.74) is 1.09. The summed E-state index contributed by atoms with van der Waals surface area (Å²) in [7, 11) is 0. The van der Waals surface area contributed by atoms with Gasteiger partial charge < -0.3 is 10.1 Å². The van der Waals surface area contributed by atoms with Gasteiger partial charge in [0.15, 0.2) is 0 Å². The molecule has 0 amide bonds. The van der Waals surface area contributed by atoms with Crippen molar-refractivity contribution in [2.24, 2.45) is 0 Å². The maximum Gasteiger partial charge on any atom is 0.321 e. The van der Waals surface area contributed by atoms with Gasteiger partial charge in [0.2, 0.25) is 0 Å². The van der Waals surface area contributed by atoms with Crippen LogP contribution in [0, 0.1) is 0 Å². The van der Waals surface area contributed by atoms with E-state index >= 15 is 0 Å². The molecule has 1 aromatic heterocycles. The standard InChI is InChI=1S/C15H17N3OS/c1-20-14-6-4-13(5-7-14)19-15-17-9-11(10-18-15)8-16-12-2-3-12/h4-7,9-10,12,16H,2-3,8H2,1H3. The number of rotatable bonds is 6. The Balaban J connectivity index is 1.58. The SMILES string of the molecule is CSc1ccc(Oc2ncc(CNC3CC3)cn2)cc1. The smallest absolute Gasteiger partial charge is 0.321 e. The summed E-state index contributed by atoms with van der Waals surface area (Å²) in [5.74, 6) is 0.756. The molecule has 0 radical (unpaired) electrons. The minimum absolute atomic E-state index is 0.386. The van der Waals surface area contributed by atoms with Gasteiger partial charge in [-0.1, -0.05) is 0 Å². The Morgan fingerprint density at radius 2 is 1.90 bits per heavy atom. The monoisotopic (exact) mass is 287 g/mol. The van der Waals surface area contributed by atoms with Gasteiger partial charge in [-0.15, -0.1) is 11.8 Å². The minimum atomic E-state index is 0.386. The summed E-state index contributed by atoms with van der Waals surface area (Å²) in [5, 5.41) is 3.43. The first-order valence-corrected chi connectivity index (χ1v) is 7.92. The van der Waals surface area contributed by atoms with Crippen molar-refractivity contribution < 1.29 is 4.74 Å². The molecule has 0 aliphatic heterocycles. The summed E-state index contributed by atoms with van der Waals surface area (Å²) in [6.45, 7) is 0.827. The summed E-state index contributed by atoms with van der Waals surface area (Å²) in [6, 6.07) is 8.98. The first kappa shape index (κ1) is 13.4. The van der Waals surface area contributed by atoms with Crippen molar-refractivity contribution in [1.82, 2.24) is 15.3 Å². The molecule has 3 rings (SSSR count). The average Bonchev–Trinajstić information content (AvgIpc) is 3.32. The molecule has 1 aliphatic carbocycles. The number of ether oxygens (including phenoxy) is 1. The van der Waals surface area contributed by atoms with E-state index in [-0.39, 0.29) is 0 Å². The number of benzene rings is 1. The van der Waals surface area contributed by atoms with Crippen LogP contribution in [0.2, 0.25) is 0 Å². The van der Waals surface area contributed by atoms with Crippen LogP contribution < -0.4 is 10.1 Å². The summed E-state index contributed by atoms with van der Waals surface area (Å²) in [4.78, 5) is 9.68. The van der Waals surface area contributed by atoms with Crippen LogP contribution in [-0.4, -0.2) is 22.3 Å². The van der Waals surface area contributed by atoms with Crippen LogP contribution >= 0.6 is 11.8 Å². The van der Waals surface area contributed by atoms with E-state index in [9.17, 15) is 0 Å². The lowest BCUT2D eigenvalue weighted by Crippen LogP contribution is -2.15. The molecule has 1 N–H and O–H groups in total. The molecule has 0 spiro atoms. The van der Waals surface area contributed by atoms with Crippen molar-refractivity contribution >= 4 is 11.8 Å². The van der Waals surface area contributed by atoms with Crippen LogP contribution in [0.15, 0.2) is 41.6 Å². The third-order valence-electron chi connectivity index (χ3n) is 3.12. The van der Waals surface area contributed by atoms with Crippen molar-refractivity contribution in [3.05, 3.63) is 42.2 Å². The zero-order valence-corrected chi connectivity index (χ0v) is 12.2. The quantitative estimate of drug-likeness (QED) is 0.826. The third kappa shape index (κ3) is 3.71. The number of nitrogens with one attached hydrogen (secondary N) is 1. The highest BCUT2D eigenvalue weighted by Crippen LogP contribution is 2.22. The van der Waals surface area contributed by atoms with Gasteiger partial charge >= 0.3 is 6.01 Å². The first-order chi connectivity index (χ1) is 9.83. The lowest BCUT2D eigenvalue weighted by molar-refractivity contribution is 0.440. The highest BCUT2D eigenvalue weighted by molar-refractivity contribution is 7.98. The van der Waals surface area contributed by atoms with Crippen LogP contribution in [0.1, 0.15) is 18.4 Å². The fourth-order valence-corrected chi connectivity index (χ4v) is 2.19. The molecule has 1 fully saturated rings. The van der Waals surface area contributed by atoms with Crippen molar-refractivity contribution in [2.45, 2.75) is 30.3 Å². The molecule has 20 heavy (non-hydrogen) atoms. The van der Waals surface area contributed by atoms with Crippen LogP contribution in [-0.2, 0) is 6.54 Å². The number of nitrogens with zero attached hydrogens (tertiary/aromatic N) is 2. The molecule has 1 saturated carbocycles. The zero-order valence-electron chi connectivity index (χ0n) is 11.4. The largest absolute Gasteiger partial charge is 0.424 e. The van der Waals surface area contributed by atoms with Gasteiger partial charge in [0.25, 0.3) is 0 Å². The summed E-state index contributed by atoms with van der Waals surface area (Å²) in [6.07, 6.45) is 8.25. The van der Waals surface area contributed by atoms with E-state index in [0.717, 1.165) is 17.9 Å². The maximum absolute atomic E-state index is 5.62. The molecule has 0 bridgehead atoms. The van der Waals surface area contributed by atoms with Gasteiger partial charge in [-0.25, -0.2) is 9.97 Å². The molecule has 1 aliphatic rings. The Labute approximate surface area is 123 Å². The van der Waals surface area contributed by atoms with Gasteiger partial charge in [0.1, 0.15) is 5.75 Å². The highest BCUT2D eigenvalue weighted by atomic mass is 32.2. The second-order valence-corrected chi connectivity index (χ2v) is 5.69. The molecule has 4 nitrogen and oxygen atoms in total. The van der Waals surface area contributed by atoms with Gasteiger partial charge in [-0.2, -0.15) is 0 Å². The third-order valence-corrected chi connectivity index (χ3v) is 3.87. The predicted octanol–water partition coefficient (Wildman–Crippen LogP) is 3.24. The topological polar surface area (TPSA) is 47.0 Å². The van der Waals surface area contributed by atoms with E-state index in [1.807, 2.05) is 42.9 Å². The first-order valence-electron chi connectivity index (χ1n) is 6.70. The summed E-state index contributed by atoms with van der Waals surface area (Å²) >= 11 is 1.70. The number of hydrogen-bond donors (Lipinski definition) is 1. The van der Waals surface area contributed by atoms with Crippen molar-refractivity contribution in [1.29, 1.82) is 0 Å². The van der Waals surface area contributed by atoms with E-state index in [1.54, 1.807) is 11.8 Å². The van der Waals surface area contributed by atoms with Crippen LogP contribution in [0.25, 0.3) is 0 Å². The maximum atomic E-state index is 5.62. The fourth-order valence-electron chi connectivity index (χ4n) is 1.79. The van der Waals surface area contributed by atoms with E-state index in [0.29, 0.717) is 12.1 Å². The Morgan fingerprint density at radius 3 is 2.50 bits per heavy atom. The van der Waals surface area contributed by atoms with E-state index in [1.165, 1.54) is 17.7 Å². The molecular formula is C15H17N3OS. The number of thioether (sulfide) groups is 1. The van der Waals surface area contributed by atoms with Crippen LogP contribution in [0.3, 0.4) is 0 Å². The molecular weight excluding hydrogens is 270 g/mol. The lowest BCUT2D eigenvalue weighted by atomic mass is 10.3. The molecule has 104 valence electrons. The molecule has 2 aromatic rings. The second-order valence-electron chi connectivity index (χ2n) is 4.81. The number of aromatic nitrogens is 2. The minimum Gasteiger partial charge on any atom is -0.424 e. The van der Waals surface area contributed by atoms with Gasteiger partial charge in [-0.05, 0) is 43.4 Å². The molecule has 0 unspecified atom stereocenters. The van der Waals surface area contributed by atoms with Crippen LogP contribution in [0.5, 0.6) is 11.8 Å². The fraction of sp³-hybridized carbons (Fsp3) is 0.333. The normalized spacial score (nSPS) is 14.2. The molecule has 0 saturated heterocycles. The lowest BCUT2D eigenvalue weighted by Gasteiger charge is -2.06. The van der Waals surface area contributed by atoms with Crippen molar-refractivity contribution in [3.63, 3.8) is 0 Å². The van der Waals surface area contributed by atoms with Crippen molar-refractivity contribution in [2.75, 3.05) is 6.26 Å². The zero-order chi connectivity index (χ0) is 13.8. The van der Waals surface area contributed by atoms with E-state index in [4.69, 9.17) is 4.74 Å². The molecule has 5 heteroatoms. The van der Waals surface area contributed by atoms with Crippen molar-refractivity contribution in [3.8, 4) is 11.8 Å². The Bertz CT molecular complexity index is 552. The Kier molecular flexibility index (Phi) is 4.18. The Morgan fingerprint density at radius 1 is 1.20 bits per heavy atom. The van der Waals surface area contributed by atoms with E-state index < -0.39 is 0 Å². The van der Waals surface area contributed by atoms with Gasteiger partial charge in [0.05, 0.1) is 0 Å². The van der Waals surface area contributed by atoms with Gasteiger partial charge in [0, 0.05) is 35.4 Å². The Hall–Kier alpha value is -1.59.